The summed E-state index contributed by atoms with van der Waals surface area (Å²) in [6.45, 7) is 6.15. The predicted octanol–water partition coefficient (Wildman–Crippen LogP) is 2.02. The zero-order valence-electron chi connectivity index (χ0n) is 12.1. The van der Waals surface area contributed by atoms with Crippen molar-refractivity contribution < 1.29 is 14.3 Å². The van der Waals surface area contributed by atoms with E-state index in [1.807, 2.05) is 30.3 Å². The second-order valence-electron chi connectivity index (χ2n) is 5.12. The smallest absolute Gasteiger partial charge is 0.230 e. The highest BCUT2D eigenvalue weighted by molar-refractivity contribution is 5.82. The van der Waals surface area contributed by atoms with Crippen LogP contribution >= 0.6 is 0 Å². The van der Waals surface area contributed by atoms with Gasteiger partial charge in [0, 0.05) is 25.4 Å². The Labute approximate surface area is 125 Å². The van der Waals surface area contributed by atoms with Gasteiger partial charge in [-0.2, -0.15) is 0 Å². The van der Waals surface area contributed by atoms with E-state index in [9.17, 15) is 9.59 Å². The van der Waals surface area contributed by atoms with Gasteiger partial charge in [-0.3, -0.25) is 4.79 Å². The molecule has 0 saturated carbocycles. The molecule has 0 radical (unpaired) electrons. The minimum Gasteiger partial charge on any atom is -0.378 e. The zero-order valence-corrected chi connectivity index (χ0v) is 12.1. The number of benzene rings is 1. The minimum absolute atomic E-state index is 0.0315. The second kappa shape index (κ2) is 7.74. The van der Waals surface area contributed by atoms with Gasteiger partial charge in [-0.25, -0.2) is 0 Å². The first-order chi connectivity index (χ1) is 10.3. The number of amides is 1. The van der Waals surface area contributed by atoms with Crippen LogP contribution in [0.25, 0.3) is 0 Å². The van der Waals surface area contributed by atoms with Crippen LogP contribution in [0, 0.1) is 5.92 Å². The number of aldehydes is 1. The van der Waals surface area contributed by atoms with Gasteiger partial charge >= 0.3 is 0 Å². The molecule has 1 heterocycles. The van der Waals surface area contributed by atoms with Crippen LogP contribution in [-0.4, -0.2) is 43.4 Å². The molecule has 1 saturated heterocycles. The number of carbonyl (C=O) groups is 2. The second-order valence-corrected chi connectivity index (χ2v) is 5.12. The Hall–Kier alpha value is -1.94. The summed E-state index contributed by atoms with van der Waals surface area (Å²) >= 11 is 0. The normalized spacial score (nSPS) is 17.8. The third-order valence-corrected chi connectivity index (χ3v) is 3.87. The number of nitrogens with zero attached hydrogens (tertiary/aromatic N) is 1. The van der Waals surface area contributed by atoms with Crippen LogP contribution in [0.5, 0.6) is 0 Å². The lowest BCUT2D eigenvalue weighted by Gasteiger charge is -2.32. The highest BCUT2D eigenvalue weighted by Crippen LogP contribution is 2.30. The van der Waals surface area contributed by atoms with Gasteiger partial charge in [0.05, 0.1) is 19.1 Å². The van der Waals surface area contributed by atoms with Gasteiger partial charge in [0.1, 0.15) is 6.29 Å². The van der Waals surface area contributed by atoms with Crippen LogP contribution in [-0.2, 0) is 14.3 Å². The van der Waals surface area contributed by atoms with Crippen LogP contribution in [0.1, 0.15) is 17.9 Å². The summed E-state index contributed by atoms with van der Waals surface area (Å²) in [7, 11) is 0. The Morgan fingerprint density at radius 1 is 1.29 bits per heavy atom. The monoisotopic (exact) mass is 287 g/mol. The molecule has 2 atom stereocenters. The van der Waals surface area contributed by atoms with Crippen molar-refractivity contribution in [2.75, 3.05) is 26.3 Å². The van der Waals surface area contributed by atoms with E-state index < -0.39 is 0 Å². The standard InChI is InChI=1S/C17H21NO3/c1-2-15(17(20)18-9-12-21-13-10-18)16(8-11-19)14-6-4-3-5-7-14/h2-7,11,15-16H,1,8-10,12-13H2. The lowest BCUT2D eigenvalue weighted by atomic mass is 9.83. The van der Waals surface area contributed by atoms with E-state index in [0.717, 1.165) is 11.8 Å². The lowest BCUT2D eigenvalue weighted by molar-refractivity contribution is -0.138. The summed E-state index contributed by atoms with van der Waals surface area (Å²) in [6, 6.07) is 9.68. The van der Waals surface area contributed by atoms with Crippen LogP contribution in [0.2, 0.25) is 0 Å². The molecule has 0 spiro atoms. The highest BCUT2D eigenvalue weighted by Gasteiger charge is 2.30. The molecule has 1 aliphatic rings. The van der Waals surface area contributed by atoms with E-state index in [2.05, 4.69) is 6.58 Å². The summed E-state index contributed by atoms with van der Waals surface area (Å²) in [4.78, 5) is 25.5. The first-order valence-electron chi connectivity index (χ1n) is 7.25. The molecule has 1 fully saturated rings. The molecule has 2 rings (SSSR count). The Morgan fingerprint density at radius 2 is 1.95 bits per heavy atom. The Balaban J connectivity index is 2.20. The van der Waals surface area contributed by atoms with Crippen molar-refractivity contribution >= 4 is 12.2 Å². The molecule has 4 heteroatoms. The van der Waals surface area contributed by atoms with Gasteiger partial charge in [0.2, 0.25) is 5.91 Å². The van der Waals surface area contributed by atoms with Gasteiger partial charge < -0.3 is 14.4 Å². The molecule has 0 N–H and O–H groups in total. The largest absolute Gasteiger partial charge is 0.378 e. The fraction of sp³-hybridized carbons (Fsp3) is 0.412. The minimum atomic E-state index is -0.379. The molecule has 1 amide bonds. The van der Waals surface area contributed by atoms with Gasteiger partial charge in [0.15, 0.2) is 0 Å². The first kappa shape index (κ1) is 15.4. The van der Waals surface area contributed by atoms with Gasteiger partial charge in [0.25, 0.3) is 0 Å². The fourth-order valence-corrected chi connectivity index (χ4v) is 2.73. The van der Waals surface area contributed by atoms with E-state index in [1.165, 1.54) is 0 Å². The molecule has 1 aromatic carbocycles. The van der Waals surface area contributed by atoms with E-state index in [0.29, 0.717) is 32.7 Å². The van der Waals surface area contributed by atoms with Gasteiger partial charge in [-0.1, -0.05) is 36.4 Å². The first-order valence-corrected chi connectivity index (χ1v) is 7.25. The van der Waals surface area contributed by atoms with Crippen molar-refractivity contribution in [1.82, 2.24) is 4.90 Å². The van der Waals surface area contributed by atoms with Crippen LogP contribution < -0.4 is 0 Å². The maximum atomic E-state index is 12.7. The Morgan fingerprint density at radius 3 is 2.52 bits per heavy atom. The molecular formula is C17H21NO3. The number of carbonyl (C=O) groups excluding carboxylic acids is 2. The zero-order chi connectivity index (χ0) is 15.1. The highest BCUT2D eigenvalue weighted by atomic mass is 16.5. The van der Waals surface area contributed by atoms with E-state index >= 15 is 0 Å². The van der Waals surface area contributed by atoms with Crippen molar-refractivity contribution in [3.8, 4) is 0 Å². The quantitative estimate of drug-likeness (QED) is 0.594. The maximum Gasteiger partial charge on any atom is 0.230 e. The number of rotatable bonds is 6. The average molecular weight is 287 g/mol. The summed E-state index contributed by atoms with van der Waals surface area (Å²) in [6.07, 6.45) is 2.86. The molecule has 21 heavy (non-hydrogen) atoms. The van der Waals surface area contributed by atoms with Crippen molar-refractivity contribution in [2.24, 2.45) is 5.92 Å². The summed E-state index contributed by atoms with van der Waals surface area (Å²) in [5.74, 6) is -0.503. The lowest BCUT2D eigenvalue weighted by Crippen LogP contribution is -2.44. The molecule has 112 valence electrons. The molecule has 0 aliphatic carbocycles. The van der Waals surface area contributed by atoms with Crippen molar-refractivity contribution in [3.05, 3.63) is 48.6 Å². The maximum absolute atomic E-state index is 12.7. The average Bonchev–Trinajstić information content (AvgIpc) is 2.56. The molecule has 1 aliphatic heterocycles. The van der Waals surface area contributed by atoms with E-state index in [1.54, 1.807) is 11.0 Å². The van der Waals surface area contributed by atoms with Crippen molar-refractivity contribution in [2.45, 2.75) is 12.3 Å². The predicted molar refractivity (Wildman–Crippen MR) is 81.0 cm³/mol. The number of ether oxygens (including phenoxy) is 1. The number of hydrogen-bond acceptors (Lipinski definition) is 3. The summed E-state index contributed by atoms with van der Waals surface area (Å²) in [5, 5.41) is 0. The number of morpholine rings is 1. The SMILES string of the molecule is C=CC(C(=O)N1CCOCC1)C(CC=O)c1ccccc1. The van der Waals surface area contributed by atoms with Crippen LogP contribution in [0.4, 0.5) is 0 Å². The molecular weight excluding hydrogens is 266 g/mol. The Bertz CT molecular complexity index is 480. The van der Waals surface area contributed by atoms with E-state index in [4.69, 9.17) is 4.74 Å². The number of hydrogen-bond donors (Lipinski definition) is 0. The topological polar surface area (TPSA) is 46.6 Å². The van der Waals surface area contributed by atoms with Gasteiger partial charge in [-0.15, -0.1) is 6.58 Å². The molecule has 4 nitrogen and oxygen atoms in total. The van der Waals surface area contributed by atoms with Crippen molar-refractivity contribution in [1.29, 1.82) is 0 Å². The fourth-order valence-electron chi connectivity index (χ4n) is 2.73. The van der Waals surface area contributed by atoms with Crippen LogP contribution in [0.15, 0.2) is 43.0 Å². The van der Waals surface area contributed by atoms with E-state index in [-0.39, 0.29) is 17.7 Å². The third kappa shape index (κ3) is 3.79. The Kier molecular flexibility index (Phi) is 5.69. The molecule has 0 aromatic heterocycles. The van der Waals surface area contributed by atoms with Crippen LogP contribution in [0.3, 0.4) is 0 Å². The molecule has 0 bridgehead atoms. The molecule has 1 aromatic rings. The summed E-state index contributed by atoms with van der Waals surface area (Å²) in [5.41, 5.74) is 0.996. The van der Waals surface area contributed by atoms with Crippen molar-refractivity contribution in [3.63, 3.8) is 0 Å². The van der Waals surface area contributed by atoms with Gasteiger partial charge in [-0.05, 0) is 5.56 Å². The summed E-state index contributed by atoms with van der Waals surface area (Å²) < 4.78 is 5.28. The third-order valence-electron chi connectivity index (χ3n) is 3.87. The molecule has 2 unspecified atom stereocenters.